The summed E-state index contributed by atoms with van der Waals surface area (Å²) < 4.78 is 0. The molecule has 0 atom stereocenters. The fourth-order valence-electron chi connectivity index (χ4n) is 1.62. The first-order chi connectivity index (χ1) is 9.17. The highest BCUT2D eigenvalue weighted by molar-refractivity contribution is 14.0. The number of aliphatic imine (C=N–C) groups is 1. The van der Waals surface area contributed by atoms with Gasteiger partial charge in [0, 0.05) is 30.9 Å². The minimum atomic E-state index is 0. The lowest BCUT2D eigenvalue weighted by atomic mass is 10.3. The van der Waals surface area contributed by atoms with Crippen LogP contribution in [0.2, 0.25) is 0 Å². The standard InChI is InChI=1S/C14H26N4S.HI/c1-5-7-9-16-14(15-6-2)17-10-8-13-18-11(3)12(4)19-13;/h5-10H2,1-4H3,(H2,15,16,17);1H. The van der Waals surface area contributed by atoms with Gasteiger partial charge in [0.05, 0.1) is 10.7 Å². The molecule has 0 saturated heterocycles. The van der Waals surface area contributed by atoms with Gasteiger partial charge in [0.15, 0.2) is 5.96 Å². The zero-order chi connectivity index (χ0) is 14.1. The van der Waals surface area contributed by atoms with E-state index in [4.69, 9.17) is 0 Å². The van der Waals surface area contributed by atoms with Crippen LogP contribution in [0.15, 0.2) is 4.99 Å². The molecule has 4 nitrogen and oxygen atoms in total. The molecule has 0 radical (unpaired) electrons. The molecule has 0 fully saturated rings. The molecular weight excluding hydrogens is 383 g/mol. The molecule has 0 saturated carbocycles. The van der Waals surface area contributed by atoms with Crippen LogP contribution in [0.1, 0.15) is 42.3 Å². The normalized spacial score (nSPS) is 11.1. The van der Waals surface area contributed by atoms with Gasteiger partial charge < -0.3 is 10.6 Å². The Morgan fingerprint density at radius 1 is 1.25 bits per heavy atom. The van der Waals surface area contributed by atoms with Crippen molar-refractivity contribution in [2.45, 2.75) is 47.0 Å². The number of aromatic nitrogens is 1. The average Bonchev–Trinajstić information content (AvgIpc) is 2.69. The van der Waals surface area contributed by atoms with Gasteiger partial charge in [-0.1, -0.05) is 13.3 Å². The summed E-state index contributed by atoms with van der Waals surface area (Å²) in [4.78, 5) is 10.4. The van der Waals surface area contributed by atoms with Crippen molar-refractivity contribution in [3.8, 4) is 0 Å². The zero-order valence-corrected chi connectivity index (χ0v) is 16.1. The molecule has 1 aromatic rings. The Balaban J connectivity index is 0.00000361. The van der Waals surface area contributed by atoms with Crippen LogP contribution >= 0.6 is 35.3 Å². The Hall–Kier alpha value is -0.370. The van der Waals surface area contributed by atoms with E-state index in [9.17, 15) is 0 Å². The summed E-state index contributed by atoms with van der Waals surface area (Å²) in [5, 5.41) is 7.83. The third-order valence-electron chi connectivity index (χ3n) is 2.83. The van der Waals surface area contributed by atoms with Crippen molar-refractivity contribution in [2.24, 2.45) is 4.99 Å². The third-order valence-corrected chi connectivity index (χ3v) is 3.96. The van der Waals surface area contributed by atoms with Crippen molar-refractivity contribution in [3.05, 3.63) is 15.6 Å². The van der Waals surface area contributed by atoms with Crippen LogP contribution in [-0.4, -0.2) is 30.6 Å². The second-order valence-corrected chi connectivity index (χ2v) is 5.83. The molecule has 0 unspecified atom stereocenters. The van der Waals surface area contributed by atoms with Gasteiger partial charge in [0.1, 0.15) is 0 Å². The summed E-state index contributed by atoms with van der Waals surface area (Å²) in [7, 11) is 0. The van der Waals surface area contributed by atoms with Gasteiger partial charge in [-0.25, -0.2) is 4.98 Å². The third kappa shape index (κ3) is 7.42. The molecule has 0 spiro atoms. The first-order valence-electron chi connectivity index (χ1n) is 7.12. The van der Waals surface area contributed by atoms with E-state index in [1.165, 1.54) is 16.3 Å². The van der Waals surface area contributed by atoms with Crippen LogP contribution in [0.25, 0.3) is 0 Å². The number of halogens is 1. The van der Waals surface area contributed by atoms with Gasteiger partial charge in [-0.2, -0.15) is 0 Å². The minimum Gasteiger partial charge on any atom is -0.357 e. The SMILES string of the molecule is CCCCN=C(NCC)NCCc1nc(C)c(C)s1.I. The number of unbranched alkanes of at least 4 members (excludes halogenated alkanes) is 1. The van der Waals surface area contributed by atoms with E-state index in [0.29, 0.717) is 0 Å². The maximum Gasteiger partial charge on any atom is 0.191 e. The molecule has 116 valence electrons. The lowest BCUT2D eigenvalue weighted by Gasteiger charge is -2.10. The highest BCUT2D eigenvalue weighted by atomic mass is 127. The van der Waals surface area contributed by atoms with Crippen LogP contribution in [0, 0.1) is 13.8 Å². The molecule has 1 aromatic heterocycles. The lowest BCUT2D eigenvalue weighted by molar-refractivity contribution is 0.766. The number of hydrogen-bond acceptors (Lipinski definition) is 3. The minimum absolute atomic E-state index is 0. The lowest BCUT2D eigenvalue weighted by Crippen LogP contribution is -2.38. The summed E-state index contributed by atoms with van der Waals surface area (Å²) in [6, 6.07) is 0. The van der Waals surface area contributed by atoms with Crippen molar-refractivity contribution in [1.82, 2.24) is 15.6 Å². The Morgan fingerprint density at radius 3 is 2.55 bits per heavy atom. The van der Waals surface area contributed by atoms with Crippen molar-refractivity contribution >= 4 is 41.3 Å². The Morgan fingerprint density at radius 2 is 2.00 bits per heavy atom. The second kappa shape index (κ2) is 11.3. The maximum absolute atomic E-state index is 4.55. The molecule has 0 aliphatic heterocycles. The number of thiazole rings is 1. The van der Waals surface area contributed by atoms with E-state index in [1.807, 2.05) is 0 Å². The monoisotopic (exact) mass is 410 g/mol. The predicted molar refractivity (Wildman–Crippen MR) is 99.6 cm³/mol. The molecular formula is C14H27IN4S. The van der Waals surface area contributed by atoms with Gasteiger partial charge in [-0.05, 0) is 27.2 Å². The zero-order valence-electron chi connectivity index (χ0n) is 13.0. The van der Waals surface area contributed by atoms with Crippen LogP contribution in [-0.2, 0) is 6.42 Å². The number of nitrogens with one attached hydrogen (secondary N) is 2. The molecule has 0 aliphatic rings. The summed E-state index contributed by atoms with van der Waals surface area (Å²) in [5.74, 6) is 0.918. The van der Waals surface area contributed by atoms with E-state index in [0.717, 1.165) is 44.1 Å². The Bertz CT molecular complexity index is 384. The Kier molecular flexibility index (Phi) is 11.1. The van der Waals surface area contributed by atoms with Crippen LogP contribution in [0.3, 0.4) is 0 Å². The van der Waals surface area contributed by atoms with E-state index in [2.05, 4.69) is 48.3 Å². The van der Waals surface area contributed by atoms with Gasteiger partial charge in [-0.3, -0.25) is 4.99 Å². The van der Waals surface area contributed by atoms with Crippen molar-refractivity contribution < 1.29 is 0 Å². The number of aryl methyl sites for hydroxylation is 2. The van der Waals surface area contributed by atoms with Crippen LogP contribution in [0.4, 0.5) is 0 Å². The van der Waals surface area contributed by atoms with Crippen molar-refractivity contribution in [2.75, 3.05) is 19.6 Å². The fraction of sp³-hybridized carbons (Fsp3) is 0.714. The largest absolute Gasteiger partial charge is 0.357 e. The summed E-state index contributed by atoms with van der Waals surface area (Å²) in [6.07, 6.45) is 3.28. The summed E-state index contributed by atoms with van der Waals surface area (Å²) >= 11 is 1.79. The van der Waals surface area contributed by atoms with Crippen molar-refractivity contribution in [3.63, 3.8) is 0 Å². The first kappa shape index (κ1) is 19.6. The highest BCUT2D eigenvalue weighted by Gasteiger charge is 2.03. The van der Waals surface area contributed by atoms with Gasteiger partial charge in [-0.15, -0.1) is 35.3 Å². The molecule has 20 heavy (non-hydrogen) atoms. The molecule has 1 heterocycles. The summed E-state index contributed by atoms with van der Waals surface area (Å²) in [6.45, 7) is 11.1. The summed E-state index contributed by atoms with van der Waals surface area (Å²) in [5.41, 5.74) is 1.16. The topological polar surface area (TPSA) is 49.3 Å². The number of guanidine groups is 1. The van der Waals surface area contributed by atoms with E-state index in [-0.39, 0.29) is 24.0 Å². The van der Waals surface area contributed by atoms with Crippen molar-refractivity contribution in [1.29, 1.82) is 0 Å². The fourth-order valence-corrected chi connectivity index (χ4v) is 2.56. The first-order valence-corrected chi connectivity index (χ1v) is 7.94. The Labute approximate surface area is 143 Å². The number of hydrogen-bond donors (Lipinski definition) is 2. The average molecular weight is 410 g/mol. The maximum atomic E-state index is 4.55. The second-order valence-electron chi connectivity index (χ2n) is 4.54. The van der Waals surface area contributed by atoms with E-state index in [1.54, 1.807) is 11.3 Å². The van der Waals surface area contributed by atoms with E-state index < -0.39 is 0 Å². The van der Waals surface area contributed by atoms with Crippen LogP contribution < -0.4 is 10.6 Å². The van der Waals surface area contributed by atoms with E-state index >= 15 is 0 Å². The molecule has 1 rings (SSSR count). The van der Waals surface area contributed by atoms with Gasteiger partial charge in [0.2, 0.25) is 0 Å². The van der Waals surface area contributed by atoms with Gasteiger partial charge in [0.25, 0.3) is 0 Å². The smallest absolute Gasteiger partial charge is 0.191 e. The molecule has 0 aliphatic carbocycles. The quantitative estimate of drug-likeness (QED) is 0.314. The molecule has 0 amide bonds. The van der Waals surface area contributed by atoms with Gasteiger partial charge >= 0.3 is 0 Å². The highest BCUT2D eigenvalue weighted by Crippen LogP contribution is 2.16. The number of nitrogens with zero attached hydrogens (tertiary/aromatic N) is 2. The van der Waals surface area contributed by atoms with Crippen LogP contribution in [0.5, 0.6) is 0 Å². The molecule has 0 bridgehead atoms. The molecule has 0 aromatic carbocycles. The number of rotatable bonds is 7. The molecule has 6 heteroatoms. The molecule has 2 N–H and O–H groups in total. The predicted octanol–water partition coefficient (Wildman–Crippen LogP) is 3.28.